The van der Waals surface area contributed by atoms with Crippen LogP contribution in [0.15, 0.2) is 0 Å². The van der Waals surface area contributed by atoms with Crippen LogP contribution in [0.1, 0.15) is 6.92 Å². The van der Waals surface area contributed by atoms with Crippen molar-refractivity contribution in [3.05, 3.63) is 21.8 Å². The van der Waals surface area contributed by atoms with Crippen molar-refractivity contribution < 1.29 is 21.1 Å². The van der Waals surface area contributed by atoms with Crippen LogP contribution in [0.4, 0.5) is 0 Å². The van der Waals surface area contributed by atoms with Gasteiger partial charge in [0.05, 0.1) is 0 Å². The van der Waals surface area contributed by atoms with E-state index in [0.717, 1.165) is 0 Å². The molecule has 0 amide bonds. The van der Waals surface area contributed by atoms with Gasteiger partial charge in [-0.05, 0) is 0 Å². The van der Waals surface area contributed by atoms with Crippen LogP contribution in [-0.4, -0.2) is 0 Å². The maximum atomic E-state index is 3.25. The van der Waals surface area contributed by atoms with Crippen LogP contribution in [0.2, 0.25) is 0 Å². The zero-order valence-corrected chi connectivity index (χ0v) is 6.30. The Morgan fingerprint density at radius 2 is 1.00 bits per heavy atom. The molecule has 0 aromatic rings. The van der Waals surface area contributed by atoms with Crippen LogP contribution in [0, 0.1) is 21.8 Å². The Morgan fingerprint density at radius 3 is 1.00 bits per heavy atom. The molecule has 0 heterocycles. The predicted molar refractivity (Wildman–Crippen MR) is 23.9 cm³/mol. The van der Waals surface area contributed by atoms with Crippen molar-refractivity contribution in [2.45, 2.75) is 6.92 Å². The molecule has 0 aliphatic heterocycles. The molecule has 0 bridgehead atoms. The SMILES string of the molecule is [CH2-]C.[CH3-].[CH3-].[Pt]. The van der Waals surface area contributed by atoms with Gasteiger partial charge in [-0.15, -0.1) is 0 Å². The Kier molecular flexibility index (Phi) is 1180. The first-order valence-electron chi connectivity index (χ1n) is 0.707. The second-order valence-corrected chi connectivity index (χ2v) is 0. The van der Waals surface area contributed by atoms with E-state index in [9.17, 15) is 0 Å². The van der Waals surface area contributed by atoms with E-state index < -0.39 is 0 Å². The molecule has 0 spiro atoms. The Morgan fingerprint density at radius 1 is 1.00 bits per heavy atom. The zero-order chi connectivity index (χ0) is 2.00. The summed E-state index contributed by atoms with van der Waals surface area (Å²) in [7, 11) is 0. The molecule has 0 nitrogen and oxygen atoms in total. The Labute approximate surface area is 50.2 Å². The monoisotopic (exact) mass is 254 g/mol. The van der Waals surface area contributed by atoms with E-state index >= 15 is 0 Å². The first-order valence-corrected chi connectivity index (χ1v) is 0.707. The molecule has 0 saturated heterocycles. The molecule has 0 N–H and O–H groups in total. The Bertz CT molecular complexity index is 3.61. The van der Waals surface area contributed by atoms with Gasteiger partial charge in [0.2, 0.25) is 0 Å². The molecule has 0 unspecified atom stereocenters. The summed E-state index contributed by atoms with van der Waals surface area (Å²) in [6.07, 6.45) is 0. The molecule has 0 saturated carbocycles. The van der Waals surface area contributed by atoms with Crippen LogP contribution in [0.5, 0.6) is 0 Å². The predicted octanol–water partition coefficient (Wildman–Crippen LogP) is 1.74. The minimum absolute atomic E-state index is 0. The second-order valence-electron chi connectivity index (χ2n) is 0. The first-order chi connectivity index (χ1) is 1.00. The van der Waals surface area contributed by atoms with Crippen LogP contribution in [0.25, 0.3) is 0 Å². The summed E-state index contributed by atoms with van der Waals surface area (Å²) in [5, 5.41) is 0. The van der Waals surface area contributed by atoms with Crippen LogP contribution < -0.4 is 0 Å². The van der Waals surface area contributed by atoms with Crippen LogP contribution in [0.3, 0.4) is 0 Å². The van der Waals surface area contributed by atoms with E-state index in [2.05, 4.69) is 6.92 Å². The van der Waals surface area contributed by atoms with Crippen molar-refractivity contribution in [1.82, 2.24) is 0 Å². The van der Waals surface area contributed by atoms with E-state index in [0.29, 0.717) is 0 Å². The molecule has 0 rings (SSSR count). The Hall–Kier alpha value is 0.688. The summed E-state index contributed by atoms with van der Waals surface area (Å²) < 4.78 is 0. The quantitative estimate of drug-likeness (QED) is 0.578. The molecule has 0 atom stereocenters. The maximum absolute atomic E-state index is 3.25. The maximum Gasteiger partial charge on any atom is 0 e. The Balaban J connectivity index is -0.00000000167. The molecule has 0 aliphatic rings. The minimum atomic E-state index is 0. The van der Waals surface area contributed by atoms with E-state index in [-0.39, 0.29) is 35.9 Å². The van der Waals surface area contributed by atoms with Crippen molar-refractivity contribution in [3.63, 3.8) is 0 Å². The van der Waals surface area contributed by atoms with Gasteiger partial charge in [-0.2, -0.15) is 6.92 Å². The molecule has 40 valence electrons. The second kappa shape index (κ2) is 135. The molecular formula is C4H11Pt-3. The smallest absolute Gasteiger partial charge is 0 e. The van der Waals surface area contributed by atoms with Gasteiger partial charge in [0.25, 0.3) is 0 Å². The van der Waals surface area contributed by atoms with Gasteiger partial charge >= 0.3 is 0 Å². The van der Waals surface area contributed by atoms with Crippen molar-refractivity contribution in [3.8, 4) is 0 Å². The average molecular weight is 254 g/mol. The molecule has 0 aromatic carbocycles. The summed E-state index contributed by atoms with van der Waals surface area (Å²) in [4.78, 5) is 0. The fraction of sp³-hybridized carbons (Fsp3) is 0.250. The van der Waals surface area contributed by atoms with E-state index in [4.69, 9.17) is 0 Å². The summed E-state index contributed by atoms with van der Waals surface area (Å²) in [6.45, 7) is 5.00. The fourth-order valence-electron chi connectivity index (χ4n) is 0. The normalized spacial score (nSPS) is 1.20. The number of hydrogen-bond donors (Lipinski definition) is 0. The van der Waals surface area contributed by atoms with Gasteiger partial charge in [0.1, 0.15) is 0 Å². The fourth-order valence-corrected chi connectivity index (χ4v) is 0. The summed E-state index contributed by atoms with van der Waals surface area (Å²) in [5.41, 5.74) is 0. The molecule has 5 heavy (non-hydrogen) atoms. The minimum Gasteiger partial charge on any atom is -0.358 e. The van der Waals surface area contributed by atoms with E-state index in [1.165, 1.54) is 0 Å². The molecule has 0 radical (unpaired) electrons. The van der Waals surface area contributed by atoms with E-state index in [1.807, 2.05) is 0 Å². The third kappa shape index (κ3) is 71.5. The summed E-state index contributed by atoms with van der Waals surface area (Å²) >= 11 is 0. The third-order valence-electron chi connectivity index (χ3n) is 0. The van der Waals surface area contributed by atoms with E-state index in [1.54, 1.807) is 6.92 Å². The van der Waals surface area contributed by atoms with Crippen LogP contribution in [-0.2, 0) is 21.1 Å². The zero-order valence-electron chi connectivity index (χ0n) is 4.02. The summed E-state index contributed by atoms with van der Waals surface area (Å²) in [6, 6.07) is 0. The van der Waals surface area contributed by atoms with Gasteiger partial charge in [-0.1, -0.05) is 0 Å². The first kappa shape index (κ1) is 43.9. The van der Waals surface area contributed by atoms with Crippen molar-refractivity contribution in [1.29, 1.82) is 0 Å². The third-order valence-corrected chi connectivity index (χ3v) is 0. The van der Waals surface area contributed by atoms with Gasteiger partial charge < -0.3 is 21.8 Å². The molecule has 0 aromatic heterocycles. The van der Waals surface area contributed by atoms with Crippen molar-refractivity contribution >= 4 is 0 Å². The average Bonchev–Trinajstić information content (AvgIpc) is 1.00. The number of hydrogen-bond acceptors (Lipinski definition) is 0. The van der Waals surface area contributed by atoms with Crippen LogP contribution >= 0.6 is 0 Å². The van der Waals surface area contributed by atoms with Crippen molar-refractivity contribution in [2.24, 2.45) is 0 Å². The largest absolute Gasteiger partial charge is 0.358 e. The number of rotatable bonds is 0. The summed E-state index contributed by atoms with van der Waals surface area (Å²) in [5.74, 6) is 0. The topological polar surface area (TPSA) is 0 Å². The molecular weight excluding hydrogens is 243 g/mol. The van der Waals surface area contributed by atoms with Gasteiger partial charge in [0.15, 0.2) is 0 Å². The van der Waals surface area contributed by atoms with Gasteiger partial charge in [-0.3, -0.25) is 0 Å². The van der Waals surface area contributed by atoms with Gasteiger partial charge in [0, 0.05) is 21.1 Å². The van der Waals surface area contributed by atoms with Gasteiger partial charge in [-0.25, -0.2) is 0 Å². The molecule has 1 heteroatoms. The van der Waals surface area contributed by atoms with Crippen molar-refractivity contribution in [2.75, 3.05) is 0 Å². The molecule has 0 fully saturated rings. The molecule has 0 aliphatic carbocycles. The standard InChI is InChI=1S/C2H5.2CH3.Pt/c1-2;;;/h1H2,2H3;2*1H3;/q3*-1;.